The van der Waals surface area contributed by atoms with Crippen LogP contribution in [0.5, 0.6) is 0 Å². The van der Waals surface area contributed by atoms with Crippen molar-refractivity contribution >= 4 is 0 Å². The zero-order valence-electron chi connectivity index (χ0n) is 8.79. The highest BCUT2D eigenvalue weighted by molar-refractivity contribution is 5.24. The second kappa shape index (κ2) is 4.11. The van der Waals surface area contributed by atoms with Crippen molar-refractivity contribution in [2.75, 3.05) is 13.2 Å². The molecule has 0 aromatic heterocycles. The molecule has 0 saturated carbocycles. The van der Waals surface area contributed by atoms with Crippen molar-refractivity contribution in [2.24, 2.45) is 5.92 Å². The molecule has 1 aromatic carbocycles. The molecule has 0 radical (unpaired) electrons. The Kier molecular flexibility index (Phi) is 2.85. The first-order valence-corrected chi connectivity index (χ1v) is 5.17. The summed E-state index contributed by atoms with van der Waals surface area (Å²) in [6.45, 7) is 6.19. The second-order valence-corrected chi connectivity index (χ2v) is 4.14. The SMILES string of the molecule is Cc1cccc(C2NCC(C)CO2)c1. The predicted molar refractivity (Wildman–Crippen MR) is 57.0 cm³/mol. The Morgan fingerprint density at radius 1 is 1.43 bits per heavy atom. The highest BCUT2D eigenvalue weighted by atomic mass is 16.5. The summed E-state index contributed by atoms with van der Waals surface area (Å²) < 4.78 is 5.72. The first-order valence-electron chi connectivity index (χ1n) is 5.17. The number of hydrogen-bond donors (Lipinski definition) is 1. The molecular formula is C12H17NO. The Hall–Kier alpha value is -0.860. The van der Waals surface area contributed by atoms with Gasteiger partial charge in [-0.1, -0.05) is 36.8 Å². The highest BCUT2D eigenvalue weighted by Gasteiger charge is 2.18. The van der Waals surface area contributed by atoms with E-state index >= 15 is 0 Å². The fraction of sp³-hybridized carbons (Fsp3) is 0.500. The molecule has 1 aliphatic heterocycles. The summed E-state index contributed by atoms with van der Waals surface area (Å²) in [7, 11) is 0. The van der Waals surface area contributed by atoms with E-state index in [1.807, 2.05) is 0 Å². The Balaban J connectivity index is 2.08. The maximum absolute atomic E-state index is 5.72. The van der Waals surface area contributed by atoms with Gasteiger partial charge in [-0.3, -0.25) is 5.32 Å². The number of hydrogen-bond acceptors (Lipinski definition) is 2. The summed E-state index contributed by atoms with van der Waals surface area (Å²) >= 11 is 0. The predicted octanol–water partition coefficient (Wildman–Crippen LogP) is 2.25. The summed E-state index contributed by atoms with van der Waals surface area (Å²) in [6.07, 6.45) is 0.0890. The van der Waals surface area contributed by atoms with Gasteiger partial charge >= 0.3 is 0 Å². The second-order valence-electron chi connectivity index (χ2n) is 4.14. The third kappa shape index (κ3) is 2.14. The van der Waals surface area contributed by atoms with E-state index < -0.39 is 0 Å². The van der Waals surface area contributed by atoms with E-state index in [0.29, 0.717) is 5.92 Å². The average molecular weight is 191 g/mol. The van der Waals surface area contributed by atoms with E-state index in [1.54, 1.807) is 0 Å². The summed E-state index contributed by atoms with van der Waals surface area (Å²) in [6, 6.07) is 8.47. The molecule has 2 nitrogen and oxygen atoms in total. The Bertz CT molecular complexity index is 303. The van der Waals surface area contributed by atoms with Crippen LogP contribution in [0.2, 0.25) is 0 Å². The molecule has 0 spiro atoms. The molecule has 2 atom stereocenters. The topological polar surface area (TPSA) is 21.3 Å². The van der Waals surface area contributed by atoms with E-state index in [1.165, 1.54) is 11.1 Å². The van der Waals surface area contributed by atoms with Crippen LogP contribution in [0.25, 0.3) is 0 Å². The van der Waals surface area contributed by atoms with Crippen molar-refractivity contribution in [3.8, 4) is 0 Å². The van der Waals surface area contributed by atoms with Crippen LogP contribution in [0.4, 0.5) is 0 Å². The normalized spacial score (nSPS) is 27.6. The fourth-order valence-electron chi connectivity index (χ4n) is 1.73. The molecule has 1 N–H and O–H groups in total. The van der Waals surface area contributed by atoms with Crippen molar-refractivity contribution in [2.45, 2.75) is 20.1 Å². The van der Waals surface area contributed by atoms with Gasteiger partial charge in [-0.2, -0.15) is 0 Å². The van der Waals surface area contributed by atoms with Gasteiger partial charge in [0.1, 0.15) is 6.23 Å². The van der Waals surface area contributed by atoms with E-state index in [4.69, 9.17) is 4.74 Å². The third-order valence-electron chi connectivity index (χ3n) is 2.54. The van der Waals surface area contributed by atoms with Gasteiger partial charge in [0.2, 0.25) is 0 Å². The van der Waals surface area contributed by atoms with Crippen molar-refractivity contribution in [3.05, 3.63) is 35.4 Å². The number of rotatable bonds is 1. The van der Waals surface area contributed by atoms with E-state index in [2.05, 4.69) is 43.4 Å². The molecule has 1 aliphatic rings. The van der Waals surface area contributed by atoms with Gasteiger partial charge in [-0.15, -0.1) is 0 Å². The van der Waals surface area contributed by atoms with Gasteiger partial charge in [0, 0.05) is 6.54 Å². The van der Waals surface area contributed by atoms with Crippen LogP contribution in [-0.4, -0.2) is 13.2 Å². The maximum Gasteiger partial charge on any atom is 0.134 e. The molecule has 2 rings (SSSR count). The molecule has 1 heterocycles. The highest BCUT2D eigenvalue weighted by Crippen LogP contribution is 2.20. The van der Waals surface area contributed by atoms with Gasteiger partial charge in [0.25, 0.3) is 0 Å². The molecule has 2 heteroatoms. The molecule has 14 heavy (non-hydrogen) atoms. The van der Waals surface area contributed by atoms with E-state index in [0.717, 1.165) is 13.2 Å². The monoisotopic (exact) mass is 191 g/mol. The zero-order chi connectivity index (χ0) is 9.97. The summed E-state index contributed by atoms with van der Waals surface area (Å²) in [4.78, 5) is 0. The smallest absolute Gasteiger partial charge is 0.134 e. The number of ether oxygens (including phenoxy) is 1. The summed E-state index contributed by atoms with van der Waals surface area (Å²) in [5.41, 5.74) is 2.52. The quantitative estimate of drug-likeness (QED) is 0.735. The minimum atomic E-state index is 0.0890. The van der Waals surface area contributed by atoms with E-state index in [-0.39, 0.29) is 6.23 Å². The van der Waals surface area contributed by atoms with Crippen LogP contribution in [0.15, 0.2) is 24.3 Å². The van der Waals surface area contributed by atoms with Crippen LogP contribution in [0, 0.1) is 12.8 Å². The van der Waals surface area contributed by atoms with Crippen LogP contribution in [0.1, 0.15) is 24.3 Å². The maximum atomic E-state index is 5.72. The largest absolute Gasteiger partial charge is 0.359 e. The Morgan fingerprint density at radius 3 is 2.93 bits per heavy atom. The zero-order valence-corrected chi connectivity index (χ0v) is 8.79. The molecule has 1 fully saturated rings. The molecule has 0 bridgehead atoms. The van der Waals surface area contributed by atoms with Gasteiger partial charge in [-0.05, 0) is 18.4 Å². The lowest BCUT2D eigenvalue weighted by Gasteiger charge is -2.28. The van der Waals surface area contributed by atoms with Gasteiger partial charge in [0.05, 0.1) is 6.61 Å². The van der Waals surface area contributed by atoms with Crippen LogP contribution >= 0.6 is 0 Å². The molecule has 1 aromatic rings. The van der Waals surface area contributed by atoms with Crippen molar-refractivity contribution in [3.63, 3.8) is 0 Å². The molecular weight excluding hydrogens is 174 g/mol. The fourth-order valence-corrected chi connectivity index (χ4v) is 1.73. The van der Waals surface area contributed by atoms with Crippen LogP contribution in [-0.2, 0) is 4.74 Å². The van der Waals surface area contributed by atoms with Gasteiger partial charge in [0.15, 0.2) is 0 Å². The molecule has 0 amide bonds. The standard InChI is InChI=1S/C12H17NO/c1-9-4-3-5-11(6-9)12-13-7-10(2)8-14-12/h3-6,10,12-13H,7-8H2,1-2H3. The molecule has 1 saturated heterocycles. The van der Waals surface area contributed by atoms with Crippen molar-refractivity contribution in [1.82, 2.24) is 5.32 Å². The Morgan fingerprint density at radius 2 is 2.29 bits per heavy atom. The number of benzene rings is 1. The number of aryl methyl sites for hydroxylation is 1. The minimum absolute atomic E-state index is 0.0890. The first-order chi connectivity index (χ1) is 6.75. The van der Waals surface area contributed by atoms with Gasteiger partial charge in [-0.25, -0.2) is 0 Å². The van der Waals surface area contributed by atoms with Crippen LogP contribution < -0.4 is 5.32 Å². The van der Waals surface area contributed by atoms with E-state index in [9.17, 15) is 0 Å². The van der Waals surface area contributed by atoms with Crippen molar-refractivity contribution in [1.29, 1.82) is 0 Å². The summed E-state index contributed by atoms with van der Waals surface area (Å²) in [5, 5.41) is 3.39. The molecule has 2 unspecified atom stereocenters. The van der Waals surface area contributed by atoms with Crippen molar-refractivity contribution < 1.29 is 4.74 Å². The Labute approximate surface area is 85.3 Å². The average Bonchev–Trinajstić information content (AvgIpc) is 2.19. The lowest BCUT2D eigenvalue weighted by atomic mass is 10.1. The molecule has 76 valence electrons. The van der Waals surface area contributed by atoms with Gasteiger partial charge < -0.3 is 4.74 Å². The number of nitrogens with one attached hydrogen (secondary N) is 1. The summed E-state index contributed by atoms with van der Waals surface area (Å²) in [5.74, 6) is 0.621. The lowest BCUT2D eigenvalue weighted by molar-refractivity contribution is -0.0254. The minimum Gasteiger partial charge on any atom is -0.359 e. The lowest BCUT2D eigenvalue weighted by Crippen LogP contribution is -2.36. The van der Waals surface area contributed by atoms with Crippen LogP contribution in [0.3, 0.4) is 0 Å². The molecule has 0 aliphatic carbocycles. The first kappa shape index (κ1) is 9.69. The third-order valence-corrected chi connectivity index (χ3v) is 2.54.